The van der Waals surface area contributed by atoms with Gasteiger partial charge in [-0.05, 0) is 27.8 Å². The first-order chi connectivity index (χ1) is 7.35. The molecule has 1 aliphatic heterocycles. The van der Waals surface area contributed by atoms with Gasteiger partial charge in [0.2, 0.25) is 0 Å². The molecule has 1 fully saturated rings. The fraction of sp³-hybridized carbons (Fsp3) is 0.889. The first-order valence-electron chi connectivity index (χ1n) is 5.29. The van der Waals surface area contributed by atoms with Crippen molar-refractivity contribution in [2.24, 2.45) is 0 Å². The van der Waals surface area contributed by atoms with E-state index in [-0.39, 0.29) is 12.1 Å². The molecule has 94 valence electrons. The molecule has 0 bridgehead atoms. The number of nitrogens with zero attached hydrogens (tertiary/aromatic N) is 1. The predicted molar refractivity (Wildman–Crippen MR) is 66.5 cm³/mol. The van der Waals surface area contributed by atoms with Crippen LogP contribution in [0.5, 0.6) is 0 Å². The topological polar surface area (TPSA) is 58.6 Å². The Labute approximate surface area is 101 Å². The lowest BCUT2D eigenvalue weighted by atomic mass is 10.4. The molecule has 0 spiro atoms. The summed E-state index contributed by atoms with van der Waals surface area (Å²) in [5.74, 6) is 0.471. The molecule has 16 heavy (non-hydrogen) atoms. The number of ether oxygens (including phenoxy) is 1. The molecule has 1 N–H and O–H groups in total. The Hall–Kier alpha value is -0.0300. The number of nitrogens with one attached hydrogen (secondary N) is 1. The van der Waals surface area contributed by atoms with E-state index in [9.17, 15) is 9.36 Å². The van der Waals surface area contributed by atoms with Crippen LogP contribution in [0.2, 0.25) is 0 Å². The molecule has 7 heteroatoms. The highest BCUT2D eigenvalue weighted by molar-refractivity contribution is 8.57. The largest absolute Gasteiger partial charge is 0.462 e. The summed E-state index contributed by atoms with van der Waals surface area (Å²) >= 11 is 1.38. The first kappa shape index (κ1) is 14.0. The Morgan fingerprint density at radius 2 is 2.12 bits per heavy atom. The van der Waals surface area contributed by atoms with Gasteiger partial charge in [-0.15, -0.1) is 0 Å². The highest BCUT2D eigenvalue weighted by Crippen LogP contribution is 2.61. The summed E-state index contributed by atoms with van der Waals surface area (Å²) in [7, 11) is 1.80. The highest BCUT2D eigenvalue weighted by Gasteiger charge is 2.36. The van der Waals surface area contributed by atoms with Crippen molar-refractivity contribution in [3.8, 4) is 0 Å². The number of esters is 1. The third-order valence-corrected chi connectivity index (χ3v) is 7.47. The minimum atomic E-state index is -2.62. The summed E-state index contributed by atoms with van der Waals surface area (Å²) in [6, 6.07) is -0.540. The second-order valence-corrected chi connectivity index (χ2v) is 8.98. The second-order valence-electron chi connectivity index (χ2n) is 4.07. The molecule has 1 unspecified atom stereocenters. The maximum Gasteiger partial charge on any atom is 0.323 e. The van der Waals surface area contributed by atoms with Gasteiger partial charge in [0.1, 0.15) is 6.04 Å². The monoisotopic (exact) mass is 266 g/mol. The molecular formula is C9H19N2O3PS. The normalized spacial score (nSPS) is 28.3. The summed E-state index contributed by atoms with van der Waals surface area (Å²) in [4.78, 5) is 11.6. The Balaban J connectivity index is 2.53. The van der Waals surface area contributed by atoms with Gasteiger partial charge in [-0.25, -0.2) is 9.76 Å². The van der Waals surface area contributed by atoms with E-state index in [4.69, 9.17) is 4.74 Å². The standard InChI is InChI=1S/C9H19N2O3PS/c1-7(2)14-9(12)8(3)10-15(13)11(4)5-6-16-15/h7-8H,5-6H2,1-4H3,(H,10,13)/t8-,15?/m0/s1. The zero-order chi connectivity index (χ0) is 12.3. The number of rotatable bonds is 4. The lowest BCUT2D eigenvalue weighted by Gasteiger charge is -2.23. The summed E-state index contributed by atoms with van der Waals surface area (Å²) in [5.41, 5.74) is 0. The van der Waals surface area contributed by atoms with Gasteiger partial charge in [0.15, 0.2) is 0 Å². The number of hydrogen-bond donors (Lipinski definition) is 1. The van der Waals surface area contributed by atoms with E-state index < -0.39 is 12.7 Å². The van der Waals surface area contributed by atoms with Gasteiger partial charge in [-0.1, -0.05) is 11.4 Å². The number of carbonyl (C=O) groups is 1. The fourth-order valence-corrected chi connectivity index (χ4v) is 5.98. The van der Waals surface area contributed by atoms with Crippen molar-refractivity contribution in [2.75, 3.05) is 19.3 Å². The van der Waals surface area contributed by atoms with Crippen molar-refractivity contribution in [2.45, 2.75) is 32.9 Å². The van der Waals surface area contributed by atoms with Crippen LogP contribution >= 0.6 is 18.0 Å². The summed E-state index contributed by atoms with van der Waals surface area (Å²) in [6.45, 7) is 3.43. The van der Waals surface area contributed by atoms with Crippen LogP contribution in [0.3, 0.4) is 0 Å². The van der Waals surface area contributed by atoms with Gasteiger partial charge in [0, 0.05) is 12.3 Å². The van der Waals surface area contributed by atoms with Gasteiger partial charge in [-0.2, -0.15) is 0 Å². The highest BCUT2D eigenvalue weighted by atomic mass is 32.7. The molecule has 1 heterocycles. The van der Waals surface area contributed by atoms with Crippen molar-refractivity contribution in [1.82, 2.24) is 9.76 Å². The van der Waals surface area contributed by atoms with Crippen LogP contribution < -0.4 is 5.09 Å². The third kappa shape index (κ3) is 3.48. The van der Waals surface area contributed by atoms with Crippen LogP contribution in [-0.4, -0.2) is 42.1 Å². The molecule has 0 saturated carbocycles. The van der Waals surface area contributed by atoms with Gasteiger partial charge in [0.05, 0.1) is 6.10 Å². The van der Waals surface area contributed by atoms with Crippen LogP contribution in [0.25, 0.3) is 0 Å². The van der Waals surface area contributed by atoms with E-state index in [0.717, 1.165) is 12.3 Å². The maximum atomic E-state index is 12.3. The van der Waals surface area contributed by atoms with Crippen LogP contribution in [0.4, 0.5) is 0 Å². The molecule has 1 saturated heterocycles. The van der Waals surface area contributed by atoms with Crippen molar-refractivity contribution < 1.29 is 14.1 Å². The van der Waals surface area contributed by atoms with E-state index >= 15 is 0 Å². The molecule has 0 radical (unpaired) electrons. The zero-order valence-electron chi connectivity index (χ0n) is 10.1. The third-order valence-electron chi connectivity index (χ3n) is 2.19. The van der Waals surface area contributed by atoms with Gasteiger partial charge in [0.25, 0.3) is 6.65 Å². The smallest absolute Gasteiger partial charge is 0.323 e. The number of carbonyl (C=O) groups excluding carboxylic acids is 1. The van der Waals surface area contributed by atoms with E-state index in [1.807, 2.05) is 0 Å². The van der Waals surface area contributed by atoms with Gasteiger partial charge in [-0.3, -0.25) is 9.36 Å². The second kappa shape index (κ2) is 5.54. The molecule has 5 nitrogen and oxygen atoms in total. The van der Waals surface area contributed by atoms with Crippen LogP contribution in [0.15, 0.2) is 0 Å². The molecule has 0 aromatic rings. The summed E-state index contributed by atoms with van der Waals surface area (Å²) in [6.07, 6.45) is -0.147. The summed E-state index contributed by atoms with van der Waals surface area (Å²) in [5, 5.41) is 2.88. The molecule has 0 aromatic heterocycles. The average molecular weight is 266 g/mol. The first-order valence-corrected chi connectivity index (χ1v) is 8.54. The van der Waals surface area contributed by atoms with Gasteiger partial charge >= 0.3 is 5.97 Å². The molecule has 0 aliphatic carbocycles. The minimum absolute atomic E-state index is 0.147. The Morgan fingerprint density at radius 1 is 1.50 bits per heavy atom. The van der Waals surface area contributed by atoms with E-state index in [1.54, 1.807) is 32.5 Å². The molecule has 0 amide bonds. The summed E-state index contributed by atoms with van der Waals surface area (Å²) < 4.78 is 19.1. The molecule has 1 aliphatic rings. The Morgan fingerprint density at radius 3 is 2.56 bits per heavy atom. The SMILES string of the molecule is CC(C)OC(=O)[C@H](C)NP1(=O)SCCN1C. The van der Waals surface area contributed by atoms with Crippen LogP contribution in [-0.2, 0) is 14.1 Å². The molecule has 2 atom stereocenters. The molecule has 1 rings (SSSR count). The Bertz CT molecular complexity index is 311. The average Bonchev–Trinajstić information content (AvgIpc) is 2.45. The number of hydrogen-bond acceptors (Lipinski definition) is 4. The van der Waals surface area contributed by atoms with E-state index in [2.05, 4.69) is 5.09 Å². The van der Waals surface area contributed by atoms with Gasteiger partial charge < -0.3 is 4.74 Å². The molecule has 0 aromatic carbocycles. The van der Waals surface area contributed by atoms with E-state index in [0.29, 0.717) is 0 Å². The maximum absolute atomic E-state index is 12.3. The zero-order valence-corrected chi connectivity index (χ0v) is 11.8. The van der Waals surface area contributed by atoms with Crippen molar-refractivity contribution >= 4 is 24.0 Å². The van der Waals surface area contributed by atoms with Crippen molar-refractivity contribution in [3.05, 3.63) is 0 Å². The minimum Gasteiger partial charge on any atom is -0.462 e. The van der Waals surface area contributed by atoms with Crippen LogP contribution in [0.1, 0.15) is 20.8 Å². The lowest BCUT2D eigenvalue weighted by molar-refractivity contribution is -0.148. The lowest BCUT2D eigenvalue weighted by Crippen LogP contribution is -2.36. The quantitative estimate of drug-likeness (QED) is 0.617. The molecular weight excluding hydrogens is 247 g/mol. The van der Waals surface area contributed by atoms with Crippen molar-refractivity contribution in [1.29, 1.82) is 0 Å². The Kier molecular flexibility index (Phi) is 4.86. The predicted octanol–water partition coefficient (Wildman–Crippen LogP) is 1.70. The van der Waals surface area contributed by atoms with E-state index in [1.165, 1.54) is 11.4 Å². The van der Waals surface area contributed by atoms with Crippen molar-refractivity contribution in [3.63, 3.8) is 0 Å². The fourth-order valence-electron chi connectivity index (χ4n) is 1.29. The van der Waals surface area contributed by atoms with Crippen LogP contribution in [0, 0.1) is 0 Å².